The third-order valence-electron chi connectivity index (χ3n) is 9.42. The van der Waals surface area contributed by atoms with Crippen LogP contribution in [0.2, 0.25) is 0 Å². The van der Waals surface area contributed by atoms with Crippen LogP contribution in [0, 0.1) is 52.8 Å². The Hall–Kier alpha value is -1.56. The highest BCUT2D eigenvalue weighted by atomic mass is 14.6. The molecule has 0 N–H and O–H groups in total. The summed E-state index contributed by atoms with van der Waals surface area (Å²) < 4.78 is 0. The molecule has 0 amide bonds. The van der Waals surface area contributed by atoms with Gasteiger partial charge in [-0.3, -0.25) is 0 Å². The average molecular weight is 417 g/mol. The van der Waals surface area contributed by atoms with Crippen molar-refractivity contribution in [2.45, 2.75) is 65.2 Å². The second kappa shape index (κ2) is 9.93. The first kappa shape index (κ1) is 22.6. The zero-order chi connectivity index (χ0) is 21.8. The number of allylic oxidation sites excluding steroid dienone is 10. The van der Waals surface area contributed by atoms with Gasteiger partial charge in [-0.1, -0.05) is 87.4 Å². The van der Waals surface area contributed by atoms with Gasteiger partial charge in [0.25, 0.3) is 0 Å². The van der Waals surface area contributed by atoms with E-state index in [9.17, 15) is 0 Å². The van der Waals surface area contributed by atoms with E-state index < -0.39 is 0 Å². The fourth-order valence-electron chi connectivity index (χ4n) is 8.55. The van der Waals surface area contributed by atoms with Crippen molar-refractivity contribution < 1.29 is 0 Å². The first-order valence-corrected chi connectivity index (χ1v) is 13.1. The van der Waals surface area contributed by atoms with E-state index >= 15 is 0 Å². The van der Waals surface area contributed by atoms with Gasteiger partial charge in [-0.25, -0.2) is 0 Å². The number of hydrogen-bond donors (Lipinski definition) is 0. The Bertz CT molecular complexity index is 682. The van der Waals surface area contributed by atoms with Gasteiger partial charge in [0.15, 0.2) is 0 Å². The summed E-state index contributed by atoms with van der Waals surface area (Å²) in [5, 5.41) is 0. The molecule has 0 nitrogen and oxygen atoms in total. The van der Waals surface area contributed by atoms with Crippen molar-refractivity contribution in [3.8, 4) is 0 Å². The third kappa shape index (κ3) is 4.01. The van der Waals surface area contributed by atoms with Gasteiger partial charge in [0, 0.05) is 0 Å². The van der Waals surface area contributed by atoms with Crippen LogP contribution in [0.5, 0.6) is 0 Å². The van der Waals surface area contributed by atoms with Gasteiger partial charge < -0.3 is 0 Å². The summed E-state index contributed by atoms with van der Waals surface area (Å²) in [7, 11) is 0. The van der Waals surface area contributed by atoms with Gasteiger partial charge in [-0.05, 0) is 91.3 Å². The first-order valence-electron chi connectivity index (χ1n) is 13.1. The van der Waals surface area contributed by atoms with Crippen molar-refractivity contribution in [3.63, 3.8) is 0 Å². The minimum absolute atomic E-state index is 0.451. The molecular formula is C31H44. The summed E-state index contributed by atoms with van der Waals surface area (Å²) in [6, 6.07) is 0. The lowest BCUT2D eigenvalue weighted by Gasteiger charge is -2.49. The van der Waals surface area contributed by atoms with Crippen molar-refractivity contribution in [3.05, 3.63) is 73.9 Å². The highest BCUT2D eigenvalue weighted by molar-refractivity contribution is 5.25. The summed E-state index contributed by atoms with van der Waals surface area (Å²) in [6.07, 6.45) is 34.4. The SMILES string of the molecule is C=CCC1CC(C(CCC)(CCC)C2CC(CC=C)C3C=CC=CC32)C2C=CC=CC12. The number of fused-ring (bicyclic) bond motifs is 2. The van der Waals surface area contributed by atoms with E-state index in [1.54, 1.807) is 0 Å². The highest BCUT2D eigenvalue weighted by Gasteiger charge is 2.57. The monoisotopic (exact) mass is 416 g/mol. The molecule has 0 aromatic carbocycles. The summed E-state index contributed by atoms with van der Waals surface area (Å²) in [5.74, 6) is 6.00. The topological polar surface area (TPSA) is 0 Å². The lowest BCUT2D eigenvalue weighted by Crippen LogP contribution is -2.42. The molecule has 168 valence electrons. The quantitative estimate of drug-likeness (QED) is 0.312. The second-order valence-electron chi connectivity index (χ2n) is 10.8. The van der Waals surface area contributed by atoms with Gasteiger partial charge in [-0.2, -0.15) is 0 Å². The van der Waals surface area contributed by atoms with Gasteiger partial charge in [0.2, 0.25) is 0 Å². The van der Waals surface area contributed by atoms with Crippen molar-refractivity contribution in [1.29, 1.82) is 0 Å². The Balaban J connectivity index is 1.75. The molecule has 0 radical (unpaired) electrons. The van der Waals surface area contributed by atoms with Crippen LogP contribution in [0.3, 0.4) is 0 Å². The van der Waals surface area contributed by atoms with E-state index in [1.165, 1.54) is 51.4 Å². The van der Waals surface area contributed by atoms with E-state index in [1.807, 2.05) is 0 Å². The molecule has 31 heavy (non-hydrogen) atoms. The third-order valence-corrected chi connectivity index (χ3v) is 9.42. The molecule has 0 bridgehead atoms. The molecule has 0 aliphatic heterocycles. The van der Waals surface area contributed by atoms with Crippen LogP contribution in [0.1, 0.15) is 65.2 Å². The van der Waals surface area contributed by atoms with Crippen molar-refractivity contribution in [2.75, 3.05) is 0 Å². The van der Waals surface area contributed by atoms with Gasteiger partial charge in [0.1, 0.15) is 0 Å². The average Bonchev–Trinajstić information content (AvgIpc) is 3.34. The van der Waals surface area contributed by atoms with Crippen LogP contribution in [-0.2, 0) is 0 Å². The Morgan fingerprint density at radius 2 is 1.06 bits per heavy atom. The predicted octanol–water partition coefficient (Wildman–Crippen LogP) is 8.71. The molecule has 0 spiro atoms. The first-order chi connectivity index (χ1) is 15.2. The lowest BCUT2D eigenvalue weighted by molar-refractivity contribution is 0.0127. The minimum Gasteiger partial charge on any atom is -0.103 e. The highest BCUT2D eigenvalue weighted by Crippen LogP contribution is 2.64. The molecule has 0 saturated heterocycles. The Morgan fingerprint density at radius 3 is 1.42 bits per heavy atom. The molecule has 0 heteroatoms. The summed E-state index contributed by atoms with van der Waals surface area (Å²) in [6.45, 7) is 13.1. The van der Waals surface area contributed by atoms with Crippen LogP contribution in [-0.4, -0.2) is 0 Å². The van der Waals surface area contributed by atoms with Crippen molar-refractivity contribution in [2.24, 2.45) is 52.8 Å². The van der Waals surface area contributed by atoms with E-state index in [4.69, 9.17) is 0 Å². The van der Waals surface area contributed by atoms with Crippen LogP contribution in [0.4, 0.5) is 0 Å². The molecule has 0 aromatic heterocycles. The maximum atomic E-state index is 4.12. The summed E-state index contributed by atoms with van der Waals surface area (Å²) in [4.78, 5) is 0. The molecule has 2 saturated carbocycles. The molecular weight excluding hydrogens is 372 g/mol. The molecule has 4 rings (SSSR count). The van der Waals surface area contributed by atoms with E-state index in [2.05, 4.69) is 87.8 Å². The normalized spacial score (nSPS) is 38.3. The van der Waals surface area contributed by atoms with Crippen molar-refractivity contribution >= 4 is 0 Å². The molecule has 4 aliphatic rings. The Morgan fingerprint density at radius 1 is 0.677 bits per heavy atom. The fourth-order valence-corrected chi connectivity index (χ4v) is 8.55. The maximum absolute atomic E-state index is 4.12. The zero-order valence-corrected chi connectivity index (χ0v) is 20.0. The number of rotatable bonds is 10. The molecule has 8 atom stereocenters. The second-order valence-corrected chi connectivity index (χ2v) is 10.8. The van der Waals surface area contributed by atoms with E-state index in [-0.39, 0.29) is 0 Å². The largest absolute Gasteiger partial charge is 0.103 e. The Kier molecular flexibility index (Phi) is 7.25. The molecule has 4 aliphatic carbocycles. The fraction of sp³-hybridized carbons (Fsp3) is 0.613. The van der Waals surface area contributed by atoms with Crippen LogP contribution in [0.15, 0.2) is 73.9 Å². The van der Waals surface area contributed by atoms with Crippen molar-refractivity contribution in [1.82, 2.24) is 0 Å². The minimum atomic E-state index is 0.451. The molecule has 8 unspecified atom stereocenters. The van der Waals surface area contributed by atoms with Crippen LogP contribution in [0.25, 0.3) is 0 Å². The lowest BCUT2D eigenvalue weighted by atomic mass is 9.55. The van der Waals surface area contributed by atoms with Gasteiger partial charge in [0.05, 0.1) is 0 Å². The summed E-state index contributed by atoms with van der Waals surface area (Å²) >= 11 is 0. The maximum Gasteiger partial charge on any atom is -0.0131 e. The molecule has 0 heterocycles. The van der Waals surface area contributed by atoms with Gasteiger partial charge in [-0.15, -0.1) is 13.2 Å². The number of hydrogen-bond acceptors (Lipinski definition) is 0. The van der Waals surface area contributed by atoms with Crippen LogP contribution < -0.4 is 0 Å². The Labute approximate surface area is 192 Å². The van der Waals surface area contributed by atoms with Gasteiger partial charge >= 0.3 is 0 Å². The standard InChI is InChI=1S/C31H44/c1-5-13-23-21-29(27-17-11-9-15-25(23)27)31(19-7-3,20-8-4)30-22-24(14-6-2)26-16-10-12-18-28(26)30/h5-6,9-12,15-18,23-30H,1-2,7-8,13-14,19-22H2,3-4H3. The smallest absolute Gasteiger partial charge is 0.0131 e. The summed E-state index contributed by atoms with van der Waals surface area (Å²) in [5.41, 5.74) is 0.451. The predicted molar refractivity (Wildman–Crippen MR) is 136 cm³/mol. The zero-order valence-electron chi connectivity index (χ0n) is 20.0. The molecule has 0 aromatic rings. The van der Waals surface area contributed by atoms with E-state index in [0.29, 0.717) is 29.1 Å². The molecule has 2 fully saturated rings. The van der Waals surface area contributed by atoms with E-state index in [0.717, 1.165) is 23.7 Å². The van der Waals surface area contributed by atoms with Crippen LogP contribution >= 0.6 is 0 Å².